The molecule has 170 valence electrons. The highest BCUT2D eigenvalue weighted by Crippen LogP contribution is 2.25. The van der Waals surface area contributed by atoms with Crippen LogP contribution in [0.5, 0.6) is 5.75 Å². The van der Waals surface area contributed by atoms with Crippen molar-refractivity contribution in [1.29, 1.82) is 5.26 Å². The molecule has 2 N–H and O–H groups in total. The van der Waals surface area contributed by atoms with Gasteiger partial charge in [0.2, 0.25) is 0 Å². The minimum Gasteiger partial charge on any atom is -0.478 e. The molecule has 0 unspecified atom stereocenters. The fraction of sp³-hybridized carbons (Fsp3) is 0. The van der Waals surface area contributed by atoms with Crippen molar-refractivity contribution < 1.29 is 24.2 Å². The van der Waals surface area contributed by atoms with Crippen molar-refractivity contribution >= 4 is 40.4 Å². The van der Waals surface area contributed by atoms with Crippen molar-refractivity contribution in [2.75, 3.05) is 5.32 Å². The van der Waals surface area contributed by atoms with Crippen LogP contribution in [0.25, 0.3) is 16.8 Å². The normalized spacial score (nSPS) is 10.9. The molecule has 4 rings (SSSR count). The van der Waals surface area contributed by atoms with Crippen LogP contribution >= 0.6 is 0 Å². The molecule has 0 aromatic heterocycles. The number of nitrogens with one attached hydrogen (secondary N) is 1. The zero-order chi connectivity index (χ0) is 24.8. The molecule has 0 saturated heterocycles. The van der Waals surface area contributed by atoms with Crippen molar-refractivity contribution in [1.82, 2.24) is 0 Å². The Morgan fingerprint density at radius 1 is 0.857 bits per heavy atom. The van der Waals surface area contributed by atoms with Crippen LogP contribution in [0.4, 0.5) is 5.69 Å². The van der Waals surface area contributed by atoms with E-state index in [-0.39, 0.29) is 16.9 Å². The summed E-state index contributed by atoms with van der Waals surface area (Å²) in [5.41, 5.74) is 0.942. The van der Waals surface area contributed by atoms with Crippen LogP contribution in [-0.4, -0.2) is 23.0 Å². The Bertz CT molecular complexity index is 1510. The van der Waals surface area contributed by atoms with Crippen LogP contribution < -0.4 is 10.1 Å². The summed E-state index contributed by atoms with van der Waals surface area (Å²) >= 11 is 0. The highest BCUT2D eigenvalue weighted by Gasteiger charge is 2.16. The maximum absolute atomic E-state index is 13.0. The number of ether oxygens (including phenoxy) is 1. The zero-order valence-corrected chi connectivity index (χ0v) is 18.3. The fourth-order valence-electron chi connectivity index (χ4n) is 3.45. The Morgan fingerprint density at radius 2 is 1.54 bits per heavy atom. The van der Waals surface area contributed by atoms with Crippen LogP contribution in [0.15, 0.2) is 96.6 Å². The van der Waals surface area contributed by atoms with Gasteiger partial charge >= 0.3 is 11.9 Å². The summed E-state index contributed by atoms with van der Waals surface area (Å²) in [6.07, 6.45) is 1.33. The number of hydrogen-bond donors (Lipinski definition) is 2. The summed E-state index contributed by atoms with van der Waals surface area (Å²) in [7, 11) is 0. The monoisotopic (exact) mass is 462 g/mol. The SMILES string of the molecule is N#C/C(=C\c1ccccc1OC(=O)c1cccc2ccccc12)C(=O)Nc1ccc(C(=O)O)cc1. The van der Waals surface area contributed by atoms with Gasteiger partial charge in [0.05, 0.1) is 11.1 Å². The van der Waals surface area contributed by atoms with Gasteiger partial charge in [0, 0.05) is 11.3 Å². The molecule has 0 aliphatic carbocycles. The third kappa shape index (κ3) is 5.24. The van der Waals surface area contributed by atoms with E-state index < -0.39 is 17.8 Å². The van der Waals surface area contributed by atoms with E-state index in [1.165, 1.54) is 30.3 Å². The number of hydrogen-bond acceptors (Lipinski definition) is 5. The van der Waals surface area contributed by atoms with Gasteiger partial charge in [0.15, 0.2) is 0 Å². The van der Waals surface area contributed by atoms with Crippen molar-refractivity contribution in [2.24, 2.45) is 0 Å². The molecule has 0 spiro atoms. The van der Waals surface area contributed by atoms with Crippen molar-refractivity contribution in [3.8, 4) is 11.8 Å². The lowest BCUT2D eigenvalue weighted by atomic mass is 10.0. The van der Waals surface area contributed by atoms with E-state index in [9.17, 15) is 19.6 Å². The van der Waals surface area contributed by atoms with Crippen LogP contribution in [0.1, 0.15) is 26.3 Å². The Balaban J connectivity index is 1.58. The Kier molecular flexibility index (Phi) is 6.66. The topological polar surface area (TPSA) is 116 Å². The molecule has 1 amide bonds. The van der Waals surface area contributed by atoms with Gasteiger partial charge in [-0.05, 0) is 53.2 Å². The summed E-state index contributed by atoms with van der Waals surface area (Å²) in [4.78, 5) is 36.6. The molecule has 0 atom stereocenters. The van der Waals surface area contributed by atoms with E-state index in [1.807, 2.05) is 36.4 Å². The van der Waals surface area contributed by atoms with E-state index in [1.54, 1.807) is 36.4 Å². The standard InChI is InChI=1S/C28H18N2O5/c29-17-21(26(31)30-22-14-12-19(13-15-22)27(32)33)16-20-7-2-4-11-25(20)35-28(34)24-10-5-8-18-6-1-3-9-23(18)24/h1-16H,(H,30,31)(H,32,33)/b21-16+. The Hall–Kier alpha value is -5.22. The molecule has 7 heteroatoms. The van der Waals surface area contributed by atoms with Crippen molar-refractivity contribution in [2.45, 2.75) is 0 Å². The number of fused-ring (bicyclic) bond motifs is 1. The fourth-order valence-corrected chi connectivity index (χ4v) is 3.45. The molecule has 7 nitrogen and oxygen atoms in total. The minimum absolute atomic E-state index is 0.0704. The van der Waals surface area contributed by atoms with Gasteiger partial charge < -0.3 is 15.2 Å². The number of anilines is 1. The lowest BCUT2D eigenvalue weighted by molar-refractivity contribution is -0.112. The summed E-state index contributed by atoms with van der Waals surface area (Å²) in [5.74, 6) is -2.15. The van der Waals surface area contributed by atoms with Crippen LogP contribution in [0.3, 0.4) is 0 Å². The second kappa shape index (κ2) is 10.1. The third-order valence-electron chi connectivity index (χ3n) is 5.19. The second-order valence-corrected chi connectivity index (χ2v) is 7.46. The largest absolute Gasteiger partial charge is 0.478 e. The molecular weight excluding hydrogens is 444 g/mol. The van der Waals surface area contributed by atoms with E-state index in [0.717, 1.165) is 10.8 Å². The van der Waals surface area contributed by atoms with E-state index in [0.29, 0.717) is 16.8 Å². The number of carbonyl (C=O) groups excluding carboxylic acids is 2. The number of rotatable bonds is 6. The summed E-state index contributed by atoms with van der Waals surface area (Å²) < 4.78 is 5.64. The molecule has 0 aliphatic rings. The van der Waals surface area contributed by atoms with E-state index >= 15 is 0 Å². The number of benzene rings is 4. The quantitative estimate of drug-likeness (QED) is 0.174. The predicted molar refractivity (Wildman–Crippen MR) is 131 cm³/mol. The number of carboxylic acids is 1. The molecule has 0 radical (unpaired) electrons. The van der Waals surface area contributed by atoms with Gasteiger partial charge in [-0.3, -0.25) is 4.79 Å². The Morgan fingerprint density at radius 3 is 2.29 bits per heavy atom. The summed E-state index contributed by atoms with van der Waals surface area (Å²) in [5, 5.41) is 22.7. The first kappa shape index (κ1) is 23.0. The molecule has 0 heterocycles. The highest BCUT2D eigenvalue weighted by molar-refractivity contribution is 6.10. The lowest BCUT2D eigenvalue weighted by Crippen LogP contribution is -2.14. The first-order chi connectivity index (χ1) is 17.0. The third-order valence-corrected chi connectivity index (χ3v) is 5.19. The second-order valence-electron chi connectivity index (χ2n) is 7.46. The number of aromatic carboxylic acids is 1. The molecule has 0 bridgehead atoms. The first-order valence-electron chi connectivity index (χ1n) is 10.5. The van der Waals surface area contributed by atoms with E-state index in [2.05, 4.69) is 5.32 Å². The average molecular weight is 462 g/mol. The number of carbonyl (C=O) groups is 3. The lowest BCUT2D eigenvalue weighted by Gasteiger charge is -2.10. The van der Waals surface area contributed by atoms with Crippen molar-refractivity contribution in [3.63, 3.8) is 0 Å². The molecular formula is C28H18N2O5. The number of amides is 1. The van der Waals surface area contributed by atoms with Crippen LogP contribution in [0.2, 0.25) is 0 Å². The molecule has 0 saturated carbocycles. The minimum atomic E-state index is -1.09. The number of carboxylic acid groups (broad SMARTS) is 1. The average Bonchev–Trinajstić information content (AvgIpc) is 2.88. The molecule has 4 aromatic carbocycles. The number of esters is 1. The summed E-state index contributed by atoms with van der Waals surface area (Å²) in [6.45, 7) is 0. The van der Waals surface area contributed by atoms with Gasteiger partial charge in [0.25, 0.3) is 5.91 Å². The predicted octanol–water partition coefficient (Wildman–Crippen LogP) is 5.30. The maximum atomic E-state index is 13.0. The number of para-hydroxylation sites is 1. The zero-order valence-electron chi connectivity index (χ0n) is 18.3. The number of nitrogens with zero attached hydrogens (tertiary/aromatic N) is 1. The van der Waals surface area contributed by atoms with Gasteiger partial charge in [-0.15, -0.1) is 0 Å². The van der Waals surface area contributed by atoms with Gasteiger partial charge in [-0.25, -0.2) is 9.59 Å². The van der Waals surface area contributed by atoms with Gasteiger partial charge in [-0.2, -0.15) is 5.26 Å². The Labute approximate surface area is 200 Å². The molecule has 35 heavy (non-hydrogen) atoms. The van der Waals surface area contributed by atoms with Crippen molar-refractivity contribution in [3.05, 3.63) is 113 Å². The number of nitriles is 1. The van der Waals surface area contributed by atoms with Gasteiger partial charge in [-0.1, -0.05) is 54.6 Å². The highest BCUT2D eigenvalue weighted by atomic mass is 16.5. The van der Waals surface area contributed by atoms with Crippen LogP contribution in [0, 0.1) is 11.3 Å². The molecule has 4 aromatic rings. The van der Waals surface area contributed by atoms with E-state index in [4.69, 9.17) is 9.84 Å². The smallest absolute Gasteiger partial charge is 0.344 e. The first-order valence-corrected chi connectivity index (χ1v) is 10.5. The summed E-state index contributed by atoms with van der Waals surface area (Å²) in [6, 6.07) is 26.8. The maximum Gasteiger partial charge on any atom is 0.344 e. The molecule has 0 fully saturated rings. The van der Waals surface area contributed by atoms with Gasteiger partial charge in [0.1, 0.15) is 17.4 Å². The van der Waals surface area contributed by atoms with Crippen LogP contribution in [-0.2, 0) is 4.79 Å². The molecule has 0 aliphatic heterocycles.